The lowest BCUT2D eigenvalue weighted by Gasteiger charge is -2.15. The first-order valence-electron chi connectivity index (χ1n) is 6.92. The number of hydrogen-bond donors (Lipinski definition) is 1. The first-order valence-corrected chi connectivity index (χ1v) is 7.72. The number of nitrogens with one attached hydrogen (secondary N) is 1. The Balaban J connectivity index is 1.83. The lowest BCUT2D eigenvalue weighted by molar-refractivity contribution is -0.127. The Bertz CT molecular complexity index is 477. The van der Waals surface area contributed by atoms with E-state index in [1.54, 1.807) is 6.92 Å². The van der Waals surface area contributed by atoms with Gasteiger partial charge in [-0.2, -0.15) is 5.10 Å². The number of amides is 1. The van der Waals surface area contributed by atoms with Crippen LogP contribution in [0.4, 0.5) is 0 Å². The zero-order valence-electron chi connectivity index (χ0n) is 11.6. The second-order valence-corrected chi connectivity index (χ2v) is 5.84. The highest BCUT2D eigenvalue weighted by Gasteiger charge is 2.15. The number of nitrogens with zero attached hydrogens (tertiary/aromatic N) is 1. The Morgan fingerprint density at radius 3 is 2.55 bits per heavy atom. The molecule has 0 aromatic heterocycles. The van der Waals surface area contributed by atoms with Crippen LogP contribution in [-0.4, -0.2) is 17.7 Å². The van der Waals surface area contributed by atoms with Gasteiger partial charge in [-0.15, -0.1) is 0 Å². The van der Waals surface area contributed by atoms with E-state index in [1.165, 1.54) is 19.3 Å². The summed E-state index contributed by atoms with van der Waals surface area (Å²) < 4.78 is 6.55. The van der Waals surface area contributed by atoms with E-state index in [0.717, 1.165) is 23.0 Å². The molecular weight excluding hydrogens is 320 g/mol. The molecule has 1 amide bonds. The van der Waals surface area contributed by atoms with Gasteiger partial charge in [-0.3, -0.25) is 4.79 Å². The van der Waals surface area contributed by atoms with E-state index >= 15 is 0 Å². The molecular formula is C15H19BrN2O2. The van der Waals surface area contributed by atoms with Gasteiger partial charge in [0, 0.05) is 10.2 Å². The van der Waals surface area contributed by atoms with E-state index in [-0.39, 0.29) is 5.91 Å². The van der Waals surface area contributed by atoms with Crippen molar-refractivity contribution in [2.75, 3.05) is 0 Å². The number of hydrogen-bond acceptors (Lipinski definition) is 3. The highest BCUT2D eigenvalue weighted by Crippen LogP contribution is 2.17. The highest BCUT2D eigenvalue weighted by molar-refractivity contribution is 9.10. The summed E-state index contributed by atoms with van der Waals surface area (Å²) in [6.45, 7) is 1.72. The van der Waals surface area contributed by atoms with Crippen molar-refractivity contribution in [3.8, 4) is 5.75 Å². The molecule has 1 fully saturated rings. The topological polar surface area (TPSA) is 50.7 Å². The van der Waals surface area contributed by atoms with Crippen LogP contribution in [0.1, 0.15) is 39.0 Å². The average Bonchev–Trinajstić information content (AvgIpc) is 2.48. The molecule has 4 nitrogen and oxygen atoms in total. The maximum atomic E-state index is 11.9. The van der Waals surface area contributed by atoms with Crippen molar-refractivity contribution in [1.29, 1.82) is 0 Å². The summed E-state index contributed by atoms with van der Waals surface area (Å²) in [5.41, 5.74) is 3.68. The summed E-state index contributed by atoms with van der Waals surface area (Å²) >= 11 is 3.36. The van der Waals surface area contributed by atoms with Gasteiger partial charge in [-0.1, -0.05) is 22.4 Å². The third kappa shape index (κ3) is 4.63. The third-order valence-corrected chi connectivity index (χ3v) is 3.78. The fourth-order valence-corrected chi connectivity index (χ4v) is 2.33. The standard InChI is InChI=1S/C15H19BrN2O2/c1-11(20-14-9-7-12(16)8-10-14)15(19)18-17-13-5-3-2-4-6-13/h7-11H,2-6H2,1H3,(H,18,19). The van der Waals surface area contributed by atoms with Gasteiger partial charge in [0.2, 0.25) is 0 Å². The molecule has 108 valence electrons. The minimum Gasteiger partial charge on any atom is -0.481 e. The molecule has 1 aromatic carbocycles. The average molecular weight is 339 g/mol. The minimum atomic E-state index is -0.566. The van der Waals surface area contributed by atoms with Gasteiger partial charge in [-0.25, -0.2) is 5.43 Å². The van der Waals surface area contributed by atoms with E-state index in [9.17, 15) is 4.79 Å². The van der Waals surface area contributed by atoms with Crippen LogP contribution in [0.15, 0.2) is 33.8 Å². The van der Waals surface area contributed by atoms with Crippen molar-refractivity contribution < 1.29 is 9.53 Å². The molecule has 0 radical (unpaired) electrons. The van der Waals surface area contributed by atoms with E-state index in [4.69, 9.17) is 4.74 Å². The SMILES string of the molecule is CC(Oc1ccc(Br)cc1)C(=O)NN=C1CCCCC1. The van der Waals surface area contributed by atoms with Gasteiger partial charge in [0.05, 0.1) is 0 Å². The van der Waals surface area contributed by atoms with Crippen LogP contribution >= 0.6 is 15.9 Å². The summed E-state index contributed by atoms with van der Waals surface area (Å²) in [6.07, 6.45) is 5.00. The van der Waals surface area contributed by atoms with Crippen LogP contribution in [0, 0.1) is 0 Å². The molecule has 1 aromatic rings. The normalized spacial score (nSPS) is 16.4. The van der Waals surface area contributed by atoms with Crippen molar-refractivity contribution in [2.45, 2.75) is 45.1 Å². The Morgan fingerprint density at radius 2 is 1.90 bits per heavy atom. The van der Waals surface area contributed by atoms with Crippen LogP contribution in [0.25, 0.3) is 0 Å². The molecule has 1 aliphatic carbocycles. The second kappa shape index (κ2) is 7.43. The molecule has 2 rings (SSSR count). The van der Waals surface area contributed by atoms with Gasteiger partial charge in [0.1, 0.15) is 5.75 Å². The number of carbonyl (C=O) groups is 1. The quantitative estimate of drug-likeness (QED) is 0.852. The lowest BCUT2D eigenvalue weighted by atomic mass is 9.99. The fraction of sp³-hybridized carbons (Fsp3) is 0.467. The summed E-state index contributed by atoms with van der Waals surface area (Å²) in [5.74, 6) is 0.451. The number of halogens is 1. The zero-order chi connectivity index (χ0) is 14.4. The summed E-state index contributed by atoms with van der Waals surface area (Å²) in [6, 6.07) is 7.40. The Morgan fingerprint density at radius 1 is 1.25 bits per heavy atom. The largest absolute Gasteiger partial charge is 0.481 e. The van der Waals surface area contributed by atoms with Crippen molar-refractivity contribution in [2.24, 2.45) is 5.10 Å². The Kier molecular flexibility index (Phi) is 5.59. The highest BCUT2D eigenvalue weighted by atomic mass is 79.9. The molecule has 1 unspecified atom stereocenters. The number of ether oxygens (including phenoxy) is 1. The zero-order valence-corrected chi connectivity index (χ0v) is 13.1. The second-order valence-electron chi connectivity index (χ2n) is 4.93. The molecule has 0 spiro atoms. The third-order valence-electron chi connectivity index (χ3n) is 3.25. The molecule has 1 aliphatic rings. The van der Waals surface area contributed by atoms with Crippen LogP contribution < -0.4 is 10.2 Å². The molecule has 1 N–H and O–H groups in total. The van der Waals surface area contributed by atoms with Crippen molar-refractivity contribution in [1.82, 2.24) is 5.43 Å². The number of benzene rings is 1. The predicted octanol–water partition coefficient (Wildman–Crippen LogP) is 3.65. The maximum absolute atomic E-state index is 11.9. The molecule has 0 aliphatic heterocycles. The molecule has 0 bridgehead atoms. The number of hydrazone groups is 1. The van der Waals surface area contributed by atoms with Crippen molar-refractivity contribution >= 4 is 27.5 Å². The minimum absolute atomic E-state index is 0.217. The molecule has 1 atom stereocenters. The molecule has 1 saturated carbocycles. The summed E-state index contributed by atoms with van der Waals surface area (Å²) in [7, 11) is 0. The smallest absolute Gasteiger partial charge is 0.280 e. The van der Waals surface area contributed by atoms with Crippen molar-refractivity contribution in [3.05, 3.63) is 28.7 Å². The number of carbonyl (C=O) groups excluding carboxylic acids is 1. The monoisotopic (exact) mass is 338 g/mol. The van der Waals surface area contributed by atoms with Gasteiger partial charge >= 0.3 is 0 Å². The van der Waals surface area contributed by atoms with Crippen LogP contribution in [0.5, 0.6) is 5.75 Å². The van der Waals surface area contributed by atoms with Crippen LogP contribution in [0.2, 0.25) is 0 Å². The fourth-order valence-electron chi connectivity index (χ4n) is 2.07. The molecule has 20 heavy (non-hydrogen) atoms. The number of rotatable bonds is 4. The van der Waals surface area contributed by atoms with Crippen LogP contribution in [-0.2, 0) is 4.79 Å². The molecule has 0 heterocycles. The van der Waals surface area contributed by atoms with Gasteiger partial charge < -0.3 is 4.74 Å². The van der Waals surface area contributed by atoms with Crippen LogP contribution in [0.3, 0.4) is 0 Å². The van der Waals surface area contributed by atoms with Gasteiger partial charge in [0.25, 0.3) is 5.91 Å². The Hall–Kier alpha value is -1.36. The molecule has 5 heteroatoms. The maximum Gasteiger partial charge on any atom is 0.280 e. The van der Waals surface area contributed by atoms with Crippen molar-refractivity contribution in [3.63, 3.8) is 0 Å². The van der Waals surface area contributed by atoms with E-state index in [1.807, 2.05) is 24.3 Å². The van der Waals surface area contributed by atoms with Gasteiger partial charge in [0.15, 0.2) is 6.10 Å². The van der Waals surface area contributed by atoms with E-state index < -0.39 is 6.10 Å². The van der Waals surface area contributed by atoms with E-state index in [2.05, 4.69) is 26.5 Å². The van der Waals surface area contributed by atoms with Gasteiger partial charge in [-0.05, 0) is 56.9 Å². The first-order chi connectivity index (χ1) is 9.65. The lowest BCUT2D eigenvalue weighted by Crippen LogP contribution is -2.34. The van der Waals surface area contributed by atoms with E-state index in [0.29, 0.717) is 5.75 Å². The predicted molar refractivity (Wildman–Crippen MR) is 82.9 cm³/mol. The Labute approximate surface area is 127 Å². The first kappa shape index (κ1) is 15.0. The molecule has 0 saturated heterocycles. The summed E-state index contributed by atoms with van der Waals surface area (Å²) in [4.78, 5) is 11.9. The summed E-state index contributed by atoms with van der Waals surface area (Å²) in [5, 5.41) is 4.19.